The molecule has 4 heteroatoms. The average molecular weight is 284 g/mol. The Hall–Kier alpha value is -1.03. The molecule has 1 unspecified atom stereocenters. The van der Waals surface area contributed by atoms with Gasteiger partial charge < -0.3 is 9.47 Å². The molecule has 0 bridgehead atoms. The molecule has 0 saturated carbocycles. The standard InChI is InChI=1S/C12H14BrNO2/c1-7(2)11-6-14-10-5-8(15-3)4-9(13)12(10)16-11/h4-7,11H,1-3H3. The summed E-state index contributed by atoms with van der Waals surface area (Å²) in [4.78, 5) is 4.41. The molecule has 86 valence electrons. The second-order valence-corrected chi connectivity index (χ2v) is 4.92. The zero-order valence-corrected chi connectivity index (χ0v) is 11.1. The molecule has 0 fully saturated rings. The van der Waals surface area contributed by atoms with Crippen LogP contribution >= 0.6 is 15.9 Å². The van der Waals surface area contributed by atoms with Gasteiger partial charge in [-0.25, -0.2) is 0 Å². The minimum Gasteiger partial charge on any atom is -0.497 e. The lowest BCUT2D eigenvalue weighted by atomic mass is 10.1. The third kappa shape index (κ3) is 2.07. The van der Waals surface area contributed by atoms with Gasteiger partial charge in [0.25, 0.3) is 0 Å². The van der Waals surface area contributed by atoms with Crippen LogP contribution in [0.25, 0.3) is 0 Å². The van der Waals surface area contributed by atoms with Crippen molar-refractivity contribution in [1.29, 1.82) is 0 Å². The lowest BCUT2D eigenvalue weighted by molar-refractivity contribution is 0.215. The Morgan fingerprint density at radius 1 is 1.44 bits per heavy atom. The van der Waals surface area contributed by atoms with Crippen LogP contribution in [-0.2, 0) is 0 Å². The van der Waals surface area contributed by atoms with Gasteiger partial charge in [0.1, 0.15) is 17.5 Å². The molecule has 1 atom stereocenters. The predicted octanol–water partition coefficient (Wildman–Crippen LogP) is 3.58. The summed E-state index contributed by atoms with van der Waals surface area (Å²) in [6, 6.07) is 3.75. The zero-order valence-electron chi connectivity index (χ0n) is 9.53. The van der Waals surface area contributed by atoms with E-state index in [1.54, 1.807) is 7.11 Å². The molecule has 3 nitrogen and oxygen atoms in total. The van der Waals surface area contributed by atoms with E-state index in [0.717, 1.165) is 21.7 Å². The van der Waals surface area contributed by atoms with Crippen molar-refractivity contribution in [3.8, 4) is 11.5 Å². The number of fused-ring (bicyclic) bond motifs is 1. The van der Waals surface area contributed by atoms with Gasteiger partial charge >= 0.3 is 0 Å². The molecule has 16 heavy (non-hydrogen) atoms. The van der Waals surface area contributed by atoms with Crippen LogP contribution < -0.4 is 9.47 Å². The van der Waals surface area contributed by atoms with E-state index in [-0.39, 0.29) is 6.10 Å². The summed E-state index contributed by atoms with van der Waals surface area (Å²) in [6.45, 7) is 4.22. The summed E-state index contributed by atoms with van der Waals surface area (Å²) in [6.07, 6.45) is 1.89. The maximum Gasteiger partial charge on any atom is 0.160 e. The Bertz CT molecular complexity index is 429. The molecule has 0 aromatic heterocycles. The molecule has 1 aliphatic rings. The first-order valence-corrected chi connectivity index (χ1v) is 5.99. The topological polar surface area (TPSA) is 30.8 Å². The lowest BCUT2D eigenvalue weighted by Crippen LogP contribution is -2.26. The normalized spacial score (nSPS) is 18.2. The van der Waals surface area contributed by atoms with Crippen molar-refractivity contribution in [2.45, 2.75) is 20.0 Å². The highest BCUT2D eigenvalue weighted by Gasteiger charge is 2.21. The molecule has 1 aromatic rings. The van der Waals surface area contributed by atoms with Crippen molar-refractivity contribution in [2.75, 3.05) is 7.11 Å². The summed E-state index contributed by atoms with van der Waals surface area (Å²) in [5, 5.41) is 0. The first-order chi connectivity index (χ1) is 7.61. The fourth-order valence-corrected chi connectivity index (χ4v) is 2.04. The number of aliphatic imine (C=N–C) groups is 1. The summed E-state index contributed by atoms with van der Waals surface area (Å²) >= 11 is 3.47. The Balaban J connectivity index is 2.39. The summed E-state index contributed by atoms with van der Waals surface area (Å²) in [5.74, 6) is 1.97. The van der Waals surface area contributed by atoms with Gasteiger partial charge in [-0.1, -0.05) is 13.8 Å². The van der Waals surface area contributed by atoms with E-state index >= 15 is 0 Å². The van der Waals surface area contributed by atoms with Crippen molar-refractivity contribution in [3.63, 3.8) is 0 Å². The fourth-order valence-electron chi connectivity index (χ4n) is 1.51. The van der Waals surface area contributed by atoms with Gasteiger partial charge in [-0.15, -0.1) is 0 Å². The number of ether oxygens (including phenoxy) is 2. The number of halogens is 1. The van der Waals surface area contributed by atoms with Gasteiger partial charge in [0, 0.05) is 12.3 Å². The van der Waals surface area contributed by atoms with E-state index < -0.39 is 0 Å². The first-order valence-electron chi connectivity index (χ1n) is 5.20. The van der Waals surface area contributed by atoms with E-state index in [2.05, 4.69) is 34.8 Å². The van der Waals surface area contributed by atoms with Crippen molar-refractivity contribution >= 4 is 27.8 Å². The number of hydrogen-bond acceptors (Lipinski definition) is 3. The van der Waals surface area contributed by atoms with E-state index in [1.807, 2.05) is 18.3 Å². The molecule has 0 saturated heterocycles. The van der Waals surface area contributed by atoms with Crippen LogP contribution in [0.5, 0.6) is 11.5 Å². The highest BCUT2D eigenvalue weighted by Crippen LogP contribution is 2.41. The largest absolute Gasteiger partial charge is 0.497 e. The third-order valence-electron chi connectivity index (χ3n) is 2.50. The molecule has 0 spiro atoms. The van der Waals surface area contributed by atoms with Gasteiger partial charge in [-0.2, -0.15) is 0 Å². The van der Waals surface area contributed by atoms with Crippen LogP contribution in [0, 0.1) is 5.92 Å². The molecular weight excluding hydrogens is 270 g/mol. The highest BCUT2D eigenvalue weighted by molar-refractivity contribution is 9.10. The van der Waals surface area contributed by atoms with Gasteiger partial charge in [0.2, 0.25) is 0 Å². The van der Waals surface area contributed by atoms with Gasteiger partial charge in [-0.3, -0.25) is 4.99 Å². The number of rotatable bonds is 2. The third-order valence-corrected chi connectivity index (χ3v) is 3.09. The second-order valence-electron chi connectivity index (χ2n) is 4.06. The van der Waals surface area contributed by atoms with Crippen molar-refractivity contribution < 1.29 is 9.47 Å². The van der Waals surface area contributed by atoms with Gasteiger partial charge in [0.05, 0.1) is 11.6 Å². The first kappa shape index (κ1) is 11.5. The Kier molecular flexibility index (Phi) is 3.19. The maximum atomic E-state index is 5.87. The van der Waals surface area contributed by atoms with E-state index in [9.17, 15) is 0 Å². The van der Waals surface area contributed by atoms with Crippen LogP contribution in [-0.4, -0.2) is 19.4 Å². The van der Waals surface area contributed by atoms with Crippen molar-refractivity contribution in [1.82, 2.24) is 0 Å². The van der Waals surface area contributed by atoms with Crippen LogP contribution in [0.3, 0.4) is 0 Å². The van der Waals surface area contributed by atoms with Crippen LogP contribution in [0.1, 0.15) is 13.8 Å². The van der Waals surface area contributed by atoms with Crippen molar-refractivity contribution in [3.05, 3.63) is 16.6 Å². The second kappa shape index (κ2) is 4.45. The smallest absolute Gasteiger partial charge is 0.160 e. The lowest BCUT2D eigenvalue weighted by Gasteiger charge is -2.24. The predicted molar refractivity (Wildman–Crippen MR) is 68.1 cm³/mol. The summed E-state index contributed by atoms with van der Waals surface area (Å²) in [7, 11) is 1.64. The van der Waals surface area contributed by atoms with Crippen molar-refractivity contribution in [2.24, 2.45) is 10.9 Å². The SMILES string of the molecule is COc1cc(Br)c2c(c1)N=CC(C(C)C)O2. The molecule has 0 amide bonds. The van der Waals surface area contributed by atoms with Gasteiger partial charge in [0.15, 0.2) is 5.75 Å². The molecule has 0 aliphatic carbocycles. The number of methoxy groups -OCH3 is 1. The van der Waals surface area contributed by atoms with Crippen LogP contribution in [0.4, 0.5) is 5.69 Å². The minimum absolute atomic E-state index is 0.0391. The quantitative estimate of drug-likeness (QED) is 0.831. The summed E-state index contributed by atoms with van der Waals surface area (Å²) in [5.41, 5.74) is 0.808. The summed E-state index contributed by atoms with van der Waals surface area (Å²) < 4.78 is 11.9. The van der Waals surface area contributed by atoms with Gasteiger partial charge in [-0.05, 0) is 27.9 Å². The Morgan fingerprint density at radius 2 is 2.19 bits per heavy atom. The number of benzene rings is 1. The molecule has 0 radical (unpaired) electrons. The fraction of sp³-hybridized carbons (Fsp3) is 0.417. The van der Waals surface area contributed by atoms with E-state index in [0.29, 0.717) is 5.92 Å². The molecular formula is C12H14BrNO2. The van der Waals surface area contributed by atoms with Crippen LogP contribution in [0.2, 0.25) is 0 Å². The van der Waals surface area contributed by atoms with Crippen LogP contribution in [0.15, 0.2) is 21.6 Å². The highest BCUT2D eigenvalue weighted by atomic mass is 79.9. The maximum absolute atomic E-state index is 5.87. The zero-order chi connectivity index (χ0) is 11.7. The molecule has 1 aliphatic heterocycles. The number of nitrogens with zero attached hydrogens (tertiary/aromatic N) is 1. The minimum atomic E-state index is 0.0391. The monoisotopic (exact) mass is 283 g/mol. The van der Waals surface area contributed by atoms with E-state index in [4.69, 9.17) is 9.47 Å². The number of hydrogen-bond donors (Lipinski definition) is 0. The average Bonchev–Trinajstić information content (AvgIpc) is 2.28. The molecule has 2 rings (SSSR count). The molecule has 1 heterocycles. The Labute approximate surface area is 104 Å². The Morgan fingerprint density at radius 3 is 2.81 bits per heavy atom. The van der Waals surface area contributed by atoms with E-state index in [1.165, 1.54) is 0 Å². The molecule has 0 N–H and O–H groups in total. The molecule has 1 aromatic carbocycles.